The summed E-state index contributed by atoms with van der Waals surface area (Å²) in [5.74, 6) is 0. The minimum absolute atomic E-state index is 0.361. The van der Waals surface area contributed by atoms with Gasteiger partial charge in [0.15, 0.2) is 0 Å². The van der Waals surface area contributed by atoms with Crippen LogP contribution in [-0.4, -0.2) is 14.3 Å². The van der Waals surface area contributed by atoms with Gasteiger partial charge < -0.3 is 4.57 Å². The van der Waals surface area contributed by atoms with Crippen molar-refractivity contribution in [1.29, 1.82) is 0 Å². The normalized spacial score (nSPS) is 11.6. The lowest BCUT2D eigenvalue weighted by Gasteiger charge is -2.06. The molecule has 0 saturated heterocycles. The Morgan fingerprint density at radius 3 is 2.68 bits per heavy atom. The van der Waals surface area contributed by atoms with Crippen LogP contribution in [0.25, 0.3) is 16.6 Å². The highest BCUT2D eigenvalue weighted by Gasteiger charge is 2.10. The molecule has 0 atom stereocenters. The van der Waals surface area contributed by atoms with Crippen molar-refractivity contribution in [3.63, 3.8) is 0 Å². The molecule has 0 fully saturated rings. The van der Waals surface area contributed by atoms with Gasteiger partial charge in [-0.3, -0.25) is 4.68 Å². The second-order valence-corrected chi connectivity index (χ2v) is 5.53. The van der Waals surface area contributed by atoms with Crippen LogP contribution in [0.3, 0.4) is 0 Å². The molecule has 0 unspecified atom stereocenters. The van der Waals surface area contributed by atoms with E-state index in [0.717, 1.165) is 16.2 Å². The maximum atomic E-state index is 6.11. The van der Waals surface area contributed by atoms with Crippen LogP contribution >= 0.6 is 11.6 Å². The summed E-state index contributed by atoms with van der Waals surface area (Å²) < 4.78 is 4.15. The lowest BCUT2D eigenvalue weighted by Crippen LogP contribution is -2.00. The molecular formula is C15H16ClN3. The average Bonchev–Trinajstić information content (AvgIpc) is 2.92. The fraction of sp³-hybridized carbons (Fsp3) is 0.267. The Kier molecular flexibility index (Phi) is 2.86. The summed E-state index contributed by atoms with van der Waals surface area (Å²) in [5, 5.41) is 6.35. The minimum atomic E-state index is 0.361. The highest BCUT2D eigenvalue weighted by molar-refractivity contribution is 6.31. The number of halogens is 1. The molecule has 0 saturated carbocycles. The highest BCUT2D eigenvalue weighted by Crippen LogP contribution is 2.26. The van der Waals surface area contributed by atoms with Crippen molar-refractivity contribution in [3.8, 4) is 5.69 Å². The fourth-order valence-electron chi connectivity index (χ4n) is 2.38. The number of hydrogen-bond donors (Lipinski definition) is 0. The largest absolute Gasteiger partial charge is 0.311 e. The summed E-state index contributed by atoms with van der Waals surface area (Å²) >= 11 is 6.11. The number of aromatic nitrogens is 3. The summed E-state index contributed by atoms with van der Waals surface area (Å²) in [4.78, 5) is 0. The molecule has 0 bridgehead atoms. The summed E-state index contributed by atoms with van der Waals surface area (Å²) in [6.07, 6.45) is 3.96. The lowest BCUT2D eigenvalue weighted by molar-refractivity contribution is 0.532. The SMILES string of the molecule is Cc1cc2ccc(Cl)cc2n1-c1cnn(C(C)C)c1. The maximum Gasteiger partial charge on any atom is 0.0840 e. The standard InChI is InChI=1S/C15H16ClN3/c1-10(2)18-9-14(8-17-18)19-11(3)6-12-4-5-13(16)7-15(12)19/h4-10H,1-3H3. The Morgan fingerprint density at radius 1 is 1.21 bits per heavy atom. The van der Waals surface area contributed by atoms with E-state index in [2.05, 4.69) is 42.7 Å². The van der Waals surface area contributed by atoms with E-state index >= 15 is 0 Å². The monoisotopic (exact) mass is 273 g/mol. The molecule has 0 amide bonds. The first-order valence-corrected chi connectivity index (χ1v) is 6.76. The summed E-state index contributed by atoms with van der Waals surface area (Å²) in [7, 11) is 0. The second kappa shape index (κ2) is 4.42. The number of fused-ring (bicyclic) bond motifs is 1. The fourth-order valence-corrected chi connectivity index (χ4v) is 2.55. The van der Waals surface area contributed by atoms with Gasteiger partial charge in [0, 0.05) is 28.3 Å². The van der Waals surface area contributed by atoms with Gasteiger partial charge in [0.1, 0.15) is 0 Å². The Hall–Kier alpha value is -1.74. The Balaban J connectivity index is 2.22. The predicted molar refractivity (Wildman–Crippen MR) is 79.2 cm³/mol. The lowest BCUT2D eigenvalue weighted by atomic mass is 10.2. The molecule has 0 spiro atoms. The second-order valence-electron chi connectivity index (χ2n) is 5.10. The van der Waals surface area contributed by atoms with Gasteiger partial charge in [-0.15, -0.1) is 0 Å². The van der Waals surface area contributed by atoms with Crippen LogP contribution < -0.4 is 0 Å². The molecule has 0 radical (unpaired) electrons. The first-order valence-electron chi connectivity index (χ1n) is 6.38. The summed E-state index contributed by atoms with van der Waals surface area (Å²) in [6, 6.07) is 8.49. The van der Waals surface area contributed by atoms with Gasteiger partial charge >= 0.3 is 0 Å². The molecule has 3 nitrogen and oxygen atoms in total. The van der Waals surface area contributed by atoms with Gasteiger partial charge in [0.05, 0.1) is 17.4 Å². The predicted octanol–water partition coefficient (Wildman–Crippen LogP) is 4.37. The quantitative estimate of drug-likeness (QED) is 0.680. The first-order chi connectivity index (χ1) is 9.06. The van der Waals surface area contributed by atoms with E-state index in [-0.39, 0.29) is 0 Å². The topological polar surface area (TPSA) is 22.8 Å². The van der Waals surface area contributed by atoms with Crippen LogP contribution in [-0.2, 0) is 0 Å². The van der Waals surface area contributed by atoms with Crippen LogP contribution in [0, 0.1) is 6.92 Å². The van der Waals surface area contributed by atoms with Gasteiger partial charge in [-0.25, -0.2) is 0 Å². The average molecular weight is 274 g/mol. The van der Waals surface area contributed by atoms with Crippen molar-refractivity contribution in [3.05, 3.63) is 47.4 Å². The summed E-state index contributed by atoms with van der Waals surface area (Å²) in [5.41, 5.74) is 3.37. The number of aryl methyl sites for hydroxylation is 1. The smallest absolute Gasteiger partial charge is 0.0840 e. The molecule has 2 heterocycles. The third-order valence-corrected chi connectivity index (χ3v) is 3.56. The zero-order valence-electron chi connectivity index (χ0n) is 11.3. The molecule has 1 aromatic carbocycles. The molecule has 19 heavy (non-hydrogen) atoms. The Bertz CT molecular complexity index is 737. The van der Waals surface area contributed by atoms with Gasteiger partial charge in [-0.05, 0) is 39.0 Å². The van der Waals surface area contributed by atoms with Crippen molar-refractivity contribution < 1.29 is 0 Å². The molecule has 98 valence electrons. The molecule has 0 aliphatic carbocycles. The van der Waals surface area contributed by atoms with Crippen LogP contribution in [0.1, 0.15) is 25.6 Å². The molecule has 0 aliphatic heterocycles. The molecule has 0 N–H and O–H groups in total. The van der Waals surface area contributed by atoms with Crippen LogP contribution in [0.15, 0.2) is 36.7 Å². The van der Waals surface area contributed by atoms with Gasteiger partial charge in [-0.2, -0.15) is 5.10 Å². The van der Waals surface area contributed by atoms with Crippen molar-refractivity contribution >= 4 is 22.5 Å². The molecular weight excluding hydrogens is 258 g/mol. The number of benzene rings is 1. The maximum absolute atomic E-state index is 6.11. The highest BCUT2D eigenvalue weighted by atomic mass is 35.5. The van der Waals surface area contributed by atoms with Crippen molar-refractivity contribution in [2.75, 3.05) is 0 Å². The molecule has 2 aromatic heterocycles. The Morgan fingerprint density at radius 2 is 2.00 bits per heavy atom. The van der Waals surface area contributed by atoms with E-state index in [1.54, 1.807) is 0 Å². The van der Waals surface area contributed by atoms with E-state index in [9.17, 15) is 0 Å². The van der Waals surface area contributed by atoms with Gasteiger partial charge in [0.2, 0.25) is 0 Å². The zero-order chi connectivity index (χ0) is 13.6. The van der Waals surface area contributed by atoms with E-state index in [0.29, 0.717) is 6.04 Å². The zero-order valence-corrected chi connectivity index (χ0v) is 12.0. The first kappa shape index (κ1) is 12.3. The van der Waals surface area contributed by atoms with E-state index in [1.165, 1.54) is 11.1 Å². The van der Waals surface area contributed by atoms with Crippen LogP contribution in [0.2, 0.25) is 5.02 Å². The van der Waals surface area contributed by atoms with Gasteiger partial charge in [0.25, 0.3) is 0 Å². The van der Waals surface area contributed by atoms with Crippen molar-refractivity contribution in [1.82, 2.24) is 14.3 Å². The Labute approximate surface area is 117 Å². The van der Waals surface area contributed by atoms with E-state index in [4.69, 9.17) is 11.6 Å². The van der Waals surface area contributed by atoms with E-state index < -0.39 is 0 Å². The molecule has 0 aliphatic rings. The third kappa shape index (κ3) is 2.04. The van der Waals surface area contributed by atoms with Crippen molar-refractivity contribution in [2.24, 2.45) is 0 Å². The molecule has 3 aromatic rings. The number of nitrogens with zero attached hydrogens (tertiary/aromatic N) is 3. The minimum Gasteiger partial charge on any atom is -0.311 e. The van der Waals surface area contributed by atoms with E-state index in [1.807, 2.05) is 29.1 Å². The summed E-state index contributed by atoms with van der Waals surface area (Å²) in [6.45, 7) is 6.34. The van der Waals surface area contributed by atoms with Crippen LogP contribution in [0.5, 0.6) is 0 Å². The van der Waals surface area contributed by atoms with Gasteiger partial charge in [-0.1, -0.05) is 17.7 Å². The third-order valence-electron chi connectivity index (χ3n) is 3.33. The number of rotatable bonds is 2. The van der Waals surface area contributed by atoms with Crippen LogP contribution in [0.4, 0.5) is 0 Å². The number of hydrogen-bond acceptors (Lipinski definition) is 1. The molecule has 4 heteroatoms. The van der Waals surface area contributed by atoms with Crippen molar-refractivity contribution in [2.45, 2.75) is 26.8 Å². The molecule has 3 rings (SSSR count).